The van der Waals surface area contributed by atoms with Crippen LogP contribution in [0.4, 0.5) is 10.2 Å². The number of hydrogen-bond acceptors (Lipinski definition) is 6. The molecule has 2 aromatic heterocycles. The first-order chi connectivity index (χ1) is 11.3. The monoisotopic (exact) mass is 317 g/mol. The van der Waals surface area contributed by atoms with Gasteiger partial charge in [-0.05, 0) is 25.5 Å². The van der Waals surface area contributed by atoms with Gasteiger partial charge in [-0.3, -0.25) is 4.98 Å². The van der Waals surface area contributed by atoms with Crippen molar-refractivity contribution in [2.24, 2.45) is 0 Å². The molecule has 0 radical (unpaired) electrons. The zero-order chi connectivity index (χ0) is 16.1. The maximum Gasteiger partial charge on any atom is 0.186 e. The standard InChI is InChI=1S/C16H20FN5O/c1-2-14-15(17)16(22-10-21-14)20-8-11-7-12(4-6-19-11)23-13-3-5-18-9-13/h4,6-7,10,13,18H,2-3,5,8-9H2,1H3,(H,20,21,22). The molecule has 1 aliphatic rings. The van der Waals surface area contributed by atoms with Crippen molar-refractivity contribution >= 4 is 5.82 Å². The molecule has 2 N–H and O–H groups in total. The van der Waals surface area contributed by atoms with Crippen LogP contribution < -0.4 is 15.4 Å². The van der Waals surface area contributed by atoms with E-state index in [9.17, 15) is 4.39 Å². The summed E-state index contributed by atoms with van der Waals surface area (Å²) in [5.41, 5.74) is 1.17. The van der Waals surface area contributed by atoms with Crippen LogP contribution in [-0.2, 0) is 13.0 Å². The molecule has 1 unspecified atom stereocenters. The van der Waals surface area contributed by atoms with Crippen LogP contribution in [0.15, 0.2) is 24.7 Å². The first-order valence-corrected chi connectivity index (χ1v) is 7.81. The number of nitrogens with zero attached hydrogens (tertiary/aromatic N) is 3. The Labute approximate surface area is 134 Å². The maximum atomic E-state index is 14.1. The molecule has 3 heterocycles. The van der Waals surface area contributed by atoms with Crippen LogP contribution in [0.3, 0.4) is 0 Å². The third-order valence-electron chi connectivity index (χ3n) is 3.74. The minimum atomic E-state index is -0.403. The summed E-state index contributed by atoms with van der Waals surface area (Å²) < 4.78 is 20.0. The van der Waals surface area contributed by atoms with Crippen LogP contribution >= 0.6 is 0 Å². The van der Waals surface area contributed by atoms with E-state index in [-0.39, 0.29) is 11.9 Å². The van der Waals surface area contributed by atoms with Crippen LogP contribution in [-0.4, -0.2) is 34.1 Å². The van der Waals surface area contributed by atoms with E-state index in [1.165, 1.54) is 6.33 Å². The Bertz CT molecular complexity index is 661. The SMILES string of the molecule is CCc1ncnc(NCc2cc(OC3CCNC3)ccn2)c1F. The Morgan fingerprint density at radius 1 is 1.39 bits per heavy atom. The van der Waals surface area contributed by atoms with Crippen molar-refractivity contribution in [3.05, 3.63) is 41.9 Å². The zero-order valence-electron chi connectivity index (χ0n) is 13.1. The smallest absolute Gasteiger partial charge is 0.186 e. The number of aromatic nitrogens is 3. The highest BCUT2D eigenvalue weighted by atomic mass is 19.1. The van der Waals surface area contributed by atoms with Crippen LogP contribution in [0.1, 0.15) is 24.7 Å². The molecule has 0 bridgehead atoms. The highest BCUT2D eigenvalue weighted by molar-refractivity contribution is 5.38. The van der Waals surface area contributed by atoms with Gasteiger partial charge in [0.15, 0.2) is 11.6 Å². The number of anilines is 1. The summed E-state index contributed by atoms with van der Waals surface area (Å²) in [5, 5.41) is 6.23. The molecule has 0 amide bonds. The molecule has 0 spiro atoms. The van der Waals surface area contributed by atoms with Crippen molar-refractivity contribution in [1.82, 2.24) is 20.3 Å². The Hall–Kier alpha value is -2.28. The quantitative estimate of drug-likeness (QED) is 0.848. The lowest BCUT2D eigenvalue weighted by Gasteiger charge is -2.13. The normalized spacial score (nSPS) is 17.2. The van der Waals surface area contributed by atoms with Gasteiger partial charge in [-0.2, -0.15) is 0 Å². The van der Waals surface area contributed by atoms with Crippen molar-refractivity contribution in [2.45, 2.75) is 32.4 Å². The molecular weight excluding hydrogens is 297 g/mol. The number of hydrogen-bond donors (Lipinski definition) is 2. The molecule has 122 valence electrons. The second kappa shape index (κ2) is 7.32. The first kappa shape index (κ1) is 15.6. The molecule has 1 fully saturated rings. The molecular formula is C16H20FN5O. The highest BCUT2D eigenvalue weighted by Crippen LogP contribution is 2.17. The van der Waals surface area contributed by atoms with Gasteiger partial charge in [-0.1, -0.05) is 6.92 Å². The number of rotatable bonds is 6. The minimum absolute atomic E-state index is 0.199. The van der Waals surface area contributed by atoms with Gasteiger partial charge in [0.2, 0.25) is 0 Å². The van der Waals surface area contributed by atoms with Gasteiger partial charge in [0.1, 0.15) is 18.2 Å². The molecule has 1 aliphatic heterocycles. The molecule has 2 aromatic rings. The van der Waals surface area contributed by atoms with Crippen molar-refractivity contribution in [3.8, 4) is 5.75 Å². The van der Waals surface area contributed by atoms with E-state index in [0.29, 0.717) is 18.7 Å². The summed E-state index contributed by atoms with van der Waals surface area (Å²) in [5.74, 6) is 0.576. The van der Waals surface area contributed by atoms with Gasteiger partial charge in [0.25, 0.3) is 0 Å². The van der Waals surface area contributed by atoms with Gasteiger partial charge in [-0.25, -0.2) is 14.4 Å². The Kier molecular flexibility index (Phi) is 4.97. The van der Waals surface area contributed by atoms with Crippen LogP contribution in [0.5, 0.6) is 5.75 Å². The average molecular weight is 317 g/mol. The number of nitrogens with one attached hydrogen (secondary N) is 2. The van der Waals surface area contributed by atoms with Crippen molar-refractivity contribution in [2.75, 3.05) is 18.4 Å². The van der Waals surface area contributed by atoms with Crippen molar-refractivity contribution < 1.29 is 9.13 Å². The Morgan fingerprint density at radius 2 is 2.30 bits per heavy atom. The molecule has 6 nitrogen and oxygen atoms in total. The summed E-state index contributed by atoms with van der Waals surface area (Å²) in [6.07, 6.45) is 4.79. The van der Waals surface area contributed by atoms with E-state index >= 15 is 0 Å². The predicted molar refractivity (Wildman–Crippen MR) is 84.8 cm³/mol. The van der Waals surface area contributed by atoms with E-state index in [0.717, 1.165) is 31.0 Å². The fourth-order valence-corrected chi connectivity index (χ4v) is 2.50. The highest BCUT2D eigenvalue weighted by Gasteiger charge is 2.16. The fraction of sp³-hybridized carbons (Fsp3) is 0.438. The Balaban J connectivity index is 1.64. The lowest BCUT2D eigenvalue weighted by molar-refractivity contribution is 0.222. The molecule has 0 aliphatic carbocycles. The number of ether oxygens (including phenoxy) is 1. The summed E-state index contributed by atoms with van der Waals surface area (Å²) in [6, 6.07) is 3.70. The second-order valence-electron chi connectivity index (χ2n) is 5.41. The average Bonchev–Trinajstić information content (AvgIpc) is 3.07. The number of pyridine rings is 1. The molecule has 0 saturated carbocycles. The van der Waals surface area contributed by atoms with Gasteiger partial charge in [0.05, 0.1) is 17.9 Å². The zero-order valence-corrected chi connectivity index (χ0v) is 13.1. The van der Waals surface area contributed by atoms with Gasteiger partial charge >= 0.3 is 0 Å². The molecule has 23 heavy (non-hydrogen) atoms. The van der Waals surface area contributed by atoms with Crippen LogP contribution in [0, 0.1) is 5.82 Å². The topological polar surface area (TPSA) is 72.0 Å². The lowest BCUT2D eigenvalue weighted by Crippen LogP contribution is -2.19. The molecule has 0 aromatic carbocycles. The van der Waals surface area contributed by atoms with Gasteiger partial charge < -0.3 is 15.4 Å². The van der Waals surface area contributed by atoms with Gasteiger partial charge in [0, 0.05) is 18.8 Å². The third-order valence-corrected chi connectivity index (χ3v) is 3.74. The van der Waals surface area contributed by atoms with E-state index in [4.69, 9.17) is 4.74 Å². The maximum absolute atomic E-state index is 14.1. The van der Waals surface area contributed by atoms with Crippen molar-refractivity contribution in [3.63, 3.8) is 0 Å². The first-order valence-electron chi connectivity index (χ1n) is 7.81. The van der Waals surface area contributed by atoms with Gasteiger partial charge in [-0.15, -0.1) is 0 Å². The van der Waals surface area contributed by atoms with E-state index in [2.05, 4.69) is 25.6 Å². The molecule has 1 atom stereocenters. The minimum Gasteiger partial charge on any atom is -0.489 e. The molecule has 3 rings (SSSR count). The lowest BCUT2D eigenvalue weighted by atomic mass is 10.3. The van der Waals surface area contributed by atoms with E-state index in [1.807, 2.05) is 19.1 Å². The second-order valence-corrected chi connectivity index (χ2v) is 5.41. The molecule has 7 heteroatoms. The Morgan fingerprint density at radius 3 is 3.09 bits per heavy atom. The summed E-state index contributed by atoms with van der Waals surface area (Å²) >= 11 is 0. The largest absolute Gasteiger partial charge is 0.489 e. The van der Waals surface area contributed by atoms with Crippen molar-refractivity contribution in [1.29, 1.82) is 0 Å². The van der Waals surface area contributed by atoms with E-state index in [1.54, 1.807) is 6.20 Å². The van der Waals surface area contributed by atoms with Crippen LogP contribution in [0.2, 0.25) is 0 Å². The number of halogens is 1. The predicted octanol–water partition coefficient (Wildman–Crippen LogP) is 1.93. The van der Waals surface area contributed by atoms with Crippen LogP contribution in [0.25, 0.3) is 0 Å². The summed E-state index contributed by atoms with van der Waals surface area (Å²) in [4.78, 5) is 12.1. The molecule has 1 saturated heterocycles. The fourth-order valence-electron chi connectivity index (χ4n) is 2.50. The summed E-state index contributed by atoms with van der Waals surface area (Å²) in [7, 11) is 0. The summed E-state index contributed by atoms with van der Waals surface area (Å²) in [6.45, 7) is 4.07. The van der Waals surface area contributed by atoms with E-state index < -0.39 is 5.82 Å². The third kappa shape index (κ3) is 3.92. The number of aryl methyl sites for hydroxylation is 1.